The Hall–Kier alpha value is -2.61. The highest BCUT2D eigenvalue weighted by Crippen LogP contribution is 1.98. The maximum Gasteiger partial charge on any atom is 0.251 e. The van der Waals surface area contributed by atoms with Crippen LogP contribution >= 0.6 is 12.2 Å². The van der Waals surface area contributed by atoms with Gasteiger partial charge >= 0.3 is 0 Å². The van der Waals surface area contributed by atoms with Gasteiger partial charge in [-0.1, -0.05) is 0 Å². The van der Waals surface area contributed by atoms with Gasteiger partial charge in [0.2, 0.25) is 5.91 Å². The number of H-pyrrole nitrogens is 2. The molecule has 21 heavy (non-hydrogen) atoms. The largest absolute Gasteiger partial charge is 0.335 e. The standard InChI is InChI=1S/C13H13N5O2S/c1-8(9-2-4-14-5-3-9)17-18-12(20)7-10-6-11(19)16-13(21)15-10/h2-6H,7H2,1H3,(H,18,20)(H2,15,16,19,21)/b17-8-. The Morgan fingerprint density at radius 1 is 1.38 bits per heavy atom. The van der Waals surface area contributed by atoms with Crippen LogP contribution in [0.3, 0.4) is 0 Å². The number of pyridine rings is 1. The van der Waals surface area contributed by atoms with E-state index in [1.165, 1.54) is 6.07 Å². The summed E-state index contributed by atoms with van der Waals surface area (Å²) in [5, 5.41) is 4.00. The van der Waals surface area contributed by atoms with Gasteiger partial charge in [-0.3, -0.25) is 19.6 Å². The molecule has 0 aliphatic heterocycles. The van der Waals surface area contributed by atoms with Gasteiger partial charge in [-0.05, 0) is 31.3 Å². The average molecular weight is 303 g/mol. The van der Waals surface area contributed by atoms with E-state index in [9.17, 15) is 9.59 Å². The van der Waals surface area contributed by atoms with Crippen LogP contribution in [0.15, 0.2) is 40.5 Å². The van der Waals surface area contributed by atoms with Gasteiger partial charge in [0.25, 0.3) is 5.56 Å². The number of aromatic nitrogens is 3. The van der Waals surface area contributed by atoms with Gasteiger partial charge in [0.1, 0.15) is 0 Å². The molecule has 108 valence electrons. The van der Waals surface area contributed by atoms with E-state index in [4.69, 9.17) is 12.2 Å². The SMILES string of the molecule is C/C(=N/NC(=O)Cc1cc(=O)[nH]c(=S)[nH]1)c1ccncc1. The first-order chi connectivity index (χ1) is 10.0. The summed E-state index contributed by atoms with van der Waals surface area (Å²) < 4.78 is 0.182. The number of hydrazone groups is 1. The lowest BCUT2D eigenvalue weighted by Gasteiger charge is -2.03. The van der Waals surface area contributed by atoms with Crippen LogP contribution in [0.4, 0.5) is 0 Å². The zero-order chi connectivity index (χ0) is 15.2. The van der Waals surface area contributed by atoms with Crippen molar-refractivity contribution in [3.8, 4) is 0 Å². The molecule has 2 rings (SSSR count). The highest BCUT2D eigenvalue weighted by Gasteiger charge is 2.04. The molecule has 0 saturated carbocycles. The van der Waals surface area contributed by atoms with E-state index in [1.54, 1.807) is 31.5 Å². The van der Waals surface area contributed by atoms with Crippen LogP contribution in [0, 0.1) is 4.77 Å². The molecule has 7 nitrogen and oxygen atoms in total. The van der Waals surface area contributed by atoms with Crippen LogP contribution in [0.25, 0.3) is 0 Å². The topological polar surface area (TPSA) is 103 Å². The maximum atomic E-state index is 11.8. The average Bonchev–Trinajstić information content (AvgIpc) is 2.44. The summed E-state index contributed by atoms with van der Waals surface area (Å²) >= 11 is 4.83. The molecule has 8 heteroatoms. The van der Waals surface area contributed by atoms with Crippen molar-refractivity contribution in [2.45, 2.75) is 13.3 Å². The van der Waals surface area contributed by atoms with Crippen LogP contribution in [0.2, 0.25) is 0 Å². The van der Waals surface area contributed by atoms with Crippen molar-refractivity contribution >= 4 is 23.8 Å². The molecule has 2 heterocycles. The third-order valence-electron chi connectivity index (χ3n) is 2.61. The van der Waals surface area contributed by atoms with E-state index in [0.29, 0.717) is 11.4 Å². The van der Waals surface area contributed by atoms with E-state index in [-0.39, 0.29) is 22.7 Å². The fourth-order valence-electron chi connectivity index (χ4n) is 1.63. The van der Waals surface area contributed by atoms with E-state index in [1.807, 2.05) is 0 Å². The van der Waals surface area contributed by atoms with Crippen LogP contribution < -0.4 is 11.0 Å². The minimum absolute atomic E-state index is 0.0132. The van der Waals surface area contributed by atoms with Gasteiger partial charge in [-0.25, -0.2) is 5.43 Å². The number of rotatable bonds is 4. The first-order valence-electron chi connectivity index (χ1n) is 6.10. The van der Waals surface area contributed by atoms with Crippen molar-refractivity contribution in [1.82, 2.24) is 20.4 Å². The number of amides is 1. The molecule has 1 amide bonds. The lowest BCUT2D eigenvalue weighted by Crippen LogP contribution is -2.23. The molecule has 0 unspecified atom stereocenters. The fourth-order valence-corrected chi connectivity index (χ4v) is 1.86. The van der Waals surface area contributed by atoms with E-state index in [2.05, 4.69) is 25.5 Å². The molecule has 0 atom stereocenters. The van der Waals surface area contributed by atoms with Crippen molar-refractivity contribution in [3.05, 3.63) is 57.0 Å². The van der Waals surface area contributed by atoms with Gasteiger partial charge in [0.15, 0.2) is 4.77 Å². The predicted molar refractivity (Wildman–Crippen MR) is 80.5 cm³/mol. The van der Waals surface area contributed by atoms with Gasteiger partial charge in [-0.15, -0.1) is 0 Å². The molecule has 0 bridgehead atoms. The molecule has 3 N–H and O–H groups in total. The minimum Gasteiger partial charge on any atom is -0.335 e. The third-order valence-corrected chi connectivity index (χ3v) is 2.82. The molecule has 2 aromatic rings. The molecule has 0 aliphatic carbocycles. The Morgan fingerprint density at radius 2 is 2.10 bits per heavy atom. The number of hydrogen-bond donors (Lipinski definition) is 3. The normalized spacial score (nSPS) is 11.2. The lowest BCUT2D eigenvalue weighted by molar-refractivity contribution is -0.120. The third kappa shape index (κ3) is 4.46. The quantitative estimate of drug-likeness (QED) is 0.444. The van der Waals surface area contributed by atoms with Crippen molar-refractivity contribution in [1.29, 1.82) is 0 Å². The van der Waals surface area contributed by atoms with Gasteiger partial charge in [0, 0.05) is 29.7 Å². The molecule has 0 radical (unpaired) electrons. The second kappa shape index (κ2) is 6.71. The van der Waals surface area contributed by atoms with Gasteiger partial charge < -0.3 is 4.98 Å². The van der Waals surface area contributed by atoms with Crippen LogP contribution in [0.5, 0.6) is 0 Å². The summed E-state index contributed by atoms with van der Waals surface area (Å²) in [4.78, 5) is 32.1. The second-order valence-electron chi connectivity index (χ2n) is 4.26. The zero-order valence-corrected chi connectivity index (χ0v) is 12.0. The number of nitrogens with zero attached hydrogens (tertiary/aromatic N) is 2. The summed E-state index contributed by atoms with van der Waals surface area (Å²) in [5.41, 5.74) is 4.03. The van der Waals surface area contributed by atoms with Gasteiger partial charge in [0.05, 0.1) is 12.1 Å². The first kappa shape index (κ1) is 14.8. The summed E-state index contributed by atoms with van der Waals surface area (Å²) in [6, 6.07) is 4.87. The lowest BCUT2D eigenvalue weighted by atomic mass is 10.2. The predicted octanol–water partition coefficient (Wildman–Crippen LogP) is 0.910. The highest BCUT2D eigenvalue weighted by atomic mass is 32.1. The summed E-state index contributed by atoms with van der Waals surface area (Å²) in [5.74, 6) is -0.348. The molecule has 0 spiro atoms. The Kier molecular flexibility index (Phi) is 4.72. The first-order valence-corrected chi connectivity index (χ1v) is 6.51. The molecule has 0 fully saturated rings. The Balaban J connectivity index is 2.02. The molecular formula is C13H13N5O2S. The second-order valence-corrected chi connectivity index (χ2v) is 4.67. The monoisotopic (exact) mass is 303 g/mol. The summed E-state index contributed by atoms with van der Waals surface area (Å²) in [6.07, 6.45) is 3.28. The molecular weight excluding hydrogens is 290 g/mol. The van der Waals surface area contributed by atoms with Gasteiger partial charge in [-0.2, -0.15) is 5.10 Å². The Morgan fingerprint density at radius 3 is 2.76 bits per heavy atom. The maximum absolute atomic E-state index is 11.8. The number of hydrogen-bond acceptors (Lipinski definition) is 5. The molecule has 2 aromatic heterocycles. The van der Waals surface area contributed by atoms with Crippen LogP contribution in [-0.2, 0) is 11.2 Å². The number of carbonyl (C=O) groups excluding carboxylic acids is 1. The summed E-state index contributed by atoms with van der Waals surface area (Å²) in [6.45, 7) is 1.77. The fraction of sp³-hybridized carbons (Fsp3) is 0.154. The van der Waals surface area contributed by atoms with Crippen molar-refractivity contribution in [2.24, 2.45) is 5.10 Å². The van der Waals surface area contributed by atoms with Crippen molar-refractivity contribution < 1.29 is 4.79 Å². The number of nitrogens with one attached hydrogen (secondary N) is 3. The zero-order valence-electron chi connectivity index (χ0n) is 11.2. The molecule has 0 saturated heterocycles. The highest BCUT2D eigenvalue weighted by molar-refractivity contribution is 7.71. The van der Waals surface area contributed by atoms with Crippen molar-refractivity contribution in [2.75, 3.05) is 0 Å². The number of aromatic amines is 2. The Bertz CT molecular complexity index is 751. The van der Waals surface area contributed by atoms with Crippen LogP contribution in [0.1, 0.15) is 18.2 Å². The van der Waals surface area contributed by atoms with Crippen molar-refractivity contribution in [3.63, 3.8) is 0 Å². The van der Waals surface area contributed by atoms with Crippen LogP contribution in [-0.4, -0.2) is 26.6 Å². The van der Waals surface area contributed by atoms with E-state index < -0.39 is 0 Å². The molecule has 0 aromatic carbocycles. The smallest absolute Gasteiger partial charge is 0.251 e. The van der Waals surface area contributed by atoms with E-state index >= 15 is 0 Å². The minimum atomic E-state index is -0.349. The molecule has 0 aliphatic rings. The summed E-state index contributed by atoms with van der Waals surface area (Å²) in [7, 11) is 0. The number of carbonyl (C=O) groups is 1. The Labute approximate surface area is 125 Å². The van der Waals surface area contributed by atoms with E-state index in [0.717, 1.165) is 5.56 Å².